The zero-order valence-corrected chi connectivity index (χ0v) is 8.08. The highest BCUT2D eigenvalue weighted by Gasteiger charge is 2.24. The van der Waals surface area contributed by atoms with Gasteiger partial charge in [0.1, 0.15) is 5.82 Å². The molecule has 0 bridgehead atoms. The van der Waals surface area contributed by atoms with Gasteiger partial charge < -0.3 is 11.1 Å². The highest BCUT2D eigenvalue weighted by Crippen LogP contribution is 2.25. The number of carbonyl (C=O) groups excluding carboxylic acids is 1. The summed E-state index contributed by atoms with van der Waals surface area (Å²) >= 11 is 0. The number of aromatic nitrogens is 1. The normalized spacial score (nSPS) is 20.9. The lowest BCUT2D eigenvalue weighted by atomic mass is 9.97. The number of nitrogens with two attached hydrogens (primary N) is 1. The molecule has 2 rings (SSSR count). The molecule has 1 saturated heterocycles. The highest BCUT2D eigenvalue weighted by atomic mass is 16.1. The molecule has 1 aliphatic rings. The quantitative estimate of drug-likeness (QED) is 0.682. The van der Waals surface area contributed by atoms with Crippen LogP contribution >= 0.6 is 0 Å². The van der Waals surface area contributed by atoms with Gasteiger partial charge in [0.2, 0.25) is 5.91 Å². The number of nitrogens with one attached hydrogen (secondary N) is 1. The Hall–Kier alpha value is -1.58. The van der Waals surface area contributed by atoms with Crippen LogP contribution in [-0.2, 0) is 4.79 Å². The van der Waals surface area contributed by atoms with Crippen LogP contribution in [-0.4, -0.2) is 17.4 Å². The van der Waals surface area contributed by atoms with E-state index in [1.165, 1.54) is 0 Å². The van der Waals surface area contributed by atoms with E-state index in [9.17, 15) is 4.79 Å². The van der Waals surface area contributed by atoms with E-state index in [1.54, 1.807) is 6.07 Å². The Balaban J connectivity index is 2.28. The van der Waals surface area contributed by atoms with E-state index in [2.05, 4.69) is 10.3 Å². The number of nitrogen functional groups attached to an aromatic ring is 1. The molecular weight excluding hydrogens is 178 g/mol. The third-order valence-corrected chi connectivity index (χ3v) is 2.57. The number of aryl methyl sites for hydroxylation is 1. The van der Waals surface area contributed by atoms with Gasteiger partial charge >= 0.3 is 0 Å². The van der Waals surface area contributed by atoms with Crippen molar-refractivity contribution in [1.29, 1.82) is 0 Å². The second-order valence-corrected chi connectivity index (χ2v) is 3.62. The Morgan fingerprint density at radius 3 is 2.93 bits per heavy atom. The van der Waals surface area contributed by atoms with Crippen molar-refractivity contribution in [3.05, 3.63) is 23.4 Å². The Bertz CT molecular complexity index is 376. The van der Waals surface area contributed by atoms with Crippen molar-refractivity contribution in [1.82, 2.24) is 10.3 Å². The van der Waals surface area contributed by atoms with E-state index >= 15 is 0 Å². The molecule has 0 spiro atoms. The predicted molar refractivity (Wildman–Crippen MR) is 53.8 cm³/mol. The lowest BCUT2D eigenvalue weighted by molar-refractivity contribution is -0.119. The second-order valence-electron chi connectivity index (χ2n) is 3.62. The summed E-state index contributed by atoms with van der Waals surface area (Å²) in [7, 11) is 0. The Morgan fingerprint density at radius 2 is 2.36 bits per heavy atom. The van der Waals surface area contributed by atoms with Crippen molar-refractivity contribution >= 4 is 11.7 Å². The summed E-state index contributed by atoms with van der Waals surface area (Å²) in [6, 6.07) is 3.74. The Labute approximate surface area is 82.5 Å². The smallest absolute Gasteiger partial charge is 0.220 e. The largest absolute Gasteiger partial charge is 0.384 e. The van der Waals surface area contributed by atoms with Crippen LogP contribution in [0.4, 0.5) is 5.82 Å². The minimum atomic E-state index is 0.117. The van der Waals surface area contributed by atoms with Gasteiger partial charge in [-0.15, -0.1) is 0 Å². The van der Waals surface area contributed by atoms with Crippen LogP contribution in [0.2, 0.25) is 0 Å². The molecular formula is C10H13N3O. The fraction of sp³-hybridized carbons (Fsp3) is 0.400. The van der Waals surface area contributed by atoms with Crippen LogP contribution < -0.4 is 11.1 Å². The van der Waals surface area contributed by atoms with Crippen molar-refractivity contribution in [3.63, 3.8) is 0 Å². The monoisotopic (exact) mass is 191 g/mol. The molecule has 1 atom stereocenters. The van der Waals surface area contributed by atoms with E-state index in [0.717, 1.165) is 11.3 Å². The number of hydrogen-bond donors (Lipinski definition) is 2. The van der Waals surface area contributed by atoms with E-state index in [-0.39, 0.29) is 11.8 Å². The van der Waals surface area contributed by atoms with Gasteiger partial charge in [-0.05, 0) is 18.6 Å². The molecule has 2 heterocycles. The van der Waals surface area contributed by atoms with Gasteiger partial charge in [-0.25, -0.2) is 4.98 Å². The predicted octanol–water partition coefficient (Wildman–Crippen LogP) is 0.576. The van der Waals surface area contributed by atoms with E-state index in [1.807, 2.05) is 13.0 Å². The van der Waals surface area contributed by atoms with Gasteiger partial charge in [0.25, 0.3) is 0 Å². The molecule has 1 aromatic rings. The molecule has 14 heavy (non-hydrogen) atoms. The average molecular weight is 191 g/mol. The molecule has 1 aromatic heterocycles. The maximum absolute atomic E-state index is 11.0. The first-order valence-corrected chi connectivity index (χ1v) is 4.66. The molecule has 0 saturated carbocycles. The lowest BCUT2D eigenvalue weighted by Crippen LogP contribution is -2.13. The maximum Gasteiger partial charge on any atom is 0.220 e. The van der Waals surface area contributed by atoms with Crippen LogP contribution in [0, 0.1) is 6.92 Å². The SMILES string of the molecule is Cc1nc(N)ccc1[C@H]1CNC(=O)C1. The van der Waals surface area contributed by atoms with Gasteiger partial charge in [0, 0.05) is 24.6 Å². The molecule has 1 aliphatic heterocycles. The third kappa shape index (κ3) is 1.55. The summed E-state index contributed by atoms with van der Waals surface area (Å²) in [5, 5.41) is 2.81. The molecule has 0 aromatic carbocycles. The minimum absolute atomic E-state index is 0.117. The van der Waals surface area contributed by atoms with E-state index in [4.69, 9.17) is 5.73 Å². The molecule has 1 fully saturated rings. The zero-order chi connectivity index (χ0) is 10.1. The summed E-state index contributed by atoms with van der Waals surface area (Å²) in [5.74, 6) is 0.908. The number of hydrogen-bond acceptors (Lipinski definition) is 3. The van der Waals surface area contributed by atoms with Crippen molar-refractivity contribution in [2.45, 2.75) is 19.3 Å². The van der Waals surface area contributed by atoms with Crippen molar-refractivity contribution in [2.75, 3.05) is 12.3 Å². The molecule has 74 valence electrons. The van der Waals surface area contributed by atoms with Gasteiger partial charge in [-0.3, -0.25) is 4.79 Å². The van der Waals surface area contributed by atoms with E-state index < -0.39 is 0 Å². The molecule has 3 N–H and O–H groups in total. The number of anilines is 1. The van der Waals surface area contributed by atoms with Crippen LogP contribution in [0.1, 0.15) is 23.6 Å². The van der Waals surface area contributed by atoms with Crippen LogP contribution in [0.15, 0.2) is 12.1 Å². The summed E-state index contributed by atoms with van der Waals surface area (Å²) in [6.07, 6.45) is 0.562. The fourth-order valence-electron chi connectivity index (χ4n) is 1.85. The van der Waals surface area contributed by atoms with Gasteiger partial charge in [0.15, 0.2) is 0 Å². The number of rotatable bonds is 1. The van der Waals surface area contributed by atoms with Crippen molar-refractivity contribution < 1.29 is 4.79 Å². The zero-order valence-electron chi connectivity index (χ0n) is 8.08. The first-order valence-electron chi connectivity index (χ1n) is 4.66. The number of carbonyl (C=O) groups is 1. The topological polar surface area (TPSA) is 68.0 Å². The van der Waals surface area contributed by atoms with Crippen LogP contribution in [0.5, 0.6) is 0 Å². The van der Waals surface area contributed by atoms with Crippen LogP contribution in [0.3, 0.4) is 0 Å². The molecule has 4 nitrogen and oxygen atoms in total. The average Bonchev–Trinajstić information content (AvgIpc) is 2.51. The van der Waals surface area contributed by atoms with E-state index in [0.29, 0.717) is 18.8 Å². The fourth-order valence-corrected chi connectivity index (χ4v) is 1.85. The second kappa shape index (κ2) is 3.29. The van der Waals surface area contributed by atoms with Gasteiger partial charge in [0.05, 0.1) is 0 Å². The third-order valence-electron chi connectivity index (χ3n) is 2.57. The maximum atomic E-state index is 11.0. The number of pyridine rings is 1. The lowest BCUT2D eigenvalue weighted by Gasteiger charge is -2.10. The molecule has 1 amide bonds. The molecule has 0 radical (unpaired) electrons. The first-order chi connectivity index (χ1) is 6.66. The van der Waals surface area contributed by atoms with Crippen molar-refractivity contribution in [2.24, 2.45) is 0 Å². The Morgan fingerprint density at radius 1 is 1.57 bits per heavy atom. The minimum Gasteiger partial charge on any atom is -0.384 e. The summed E-state index contributed by atoms with van der Waals surface area (Å²) in [4.78, 5) is 15.2. The summed E-state index contributed by atoms with van der Waals surface area (Å²) < 4.78 is 0. The molecule has 0 unspecified atom stereocenters. The van der Waals surface area contributed by atoms with Gasteiger partial charge in [-0.1, -0.05) is 6.07 Å². The molecule has 0 aliphatic carbocycles. The highest BCUT2D eigenvalue weighted by molar-refractivity contribution is 5.79. The Kier molecular flexibility index (Phi) is 2.11. The van der Waals surface area contributed by atoms with Gasteiger partial charge in [-0.2, -0.15) is 0 Å². The van der Waals surface area contributed by atoms with Crippen LogP contribution in [0.25, 0.3) is 0 Å². The standard InChI is InChI=1S/C10H13N3O/c1-6-8(2-3-9(11)13-6)7-4-10(14)12-5-7/h2-3,7H,4-5H2,1H3,(H2,11,13)(H,12,14)/t7-/m1/s1. The molecule has 4 heteroatoms. The summed E-state index contributed by atoms with van der Waals surface area (Å²) in [6.45, 7) is 2.64. The van der Waals surface area contributed by atoms with Crippen molar-refractivity contribution in [3.8, 4) is 0 Å². The number of nitrogens with zero attached hydrogens (tertiary/aromatic N) is 1. The summed E-state index contributed by atoms with van der Waals surface area (Å²) in [5.41, 5.74) is 7.61. The first kappa shape index (κ1) is 8.99. The number of amides is 1.